The van der Waals surface area contributed by atoms with Gasteiger partial charge in [0.15, 0.2) is 0 Å². The molecule has 0 saturated carbocycles. The first kappa shape index (κ1) is 12.3. The van der Waals surface area contributed by atoms with Gasteiger partial charge in [-0.1, -0.05) is 30.3 Å². The molecule has 18 heavy (non-hydrogen) atoms. The maximum Gasteiger partial charge on any atom is 0.248 e. The van der Waals surface area contributed by atoms with Crippen LogP contribution in [0.25, 0.3) is 0 Å². The predicted molar refractivity (Wildman–Crippen MR) is 71.0 cm³/mol. The number of carbonyl (C=O) groups excluding carboxylic acids is 1. The SMILES string of the molecule is CN(C(=O)[C@H](N)c1ccccc1)c1ccncc1. The summed E-state index contributed by atoms with van der Waals surface area (Å²) >= 11 is 0. The molecule has 0 spiro atoms. The Morgan fingerprint density at radius 1 is 1.17 bits per heavy atom. The number of aromatic nitrogens is 1. The number of benzene rings is 1. The van der Waals surface area contributed by atoms with Gasteiger partial charge in [-0.05, 0) is 17.7 Å². The van der Waals surface area contributed by atoms with E-state index in [1.807, 2.05) is 30.3 Å². The molecule has 2 rings (SSSR count). The fraction of sp³-hybridized carbons (Fsp3) is 0.143. The van der Waals surface area contributed by atoms with E-state index < -0.39 is 6.04 Å². The summed E-state index contributed by atoms with van der Waals surface area (Å²) in [5.74, 6) is -0.146. The van der Waals surface area contributed by atoms with Gasteiger partial charge in [-0.2, -0.15) is 0 Å². The highest BCUT2D eigenvalue weighted by Crippen LogP contribution is 2.17. The lowest BCUT2D eigenvalue weighted by Gasteiger charge is -2.21. The Hall–Kier alpha value is -2.20. The minimum Gasteiger partial charge on any atom is -0.316 e. The Bertz CT molecular complexity index is 466. The van der Waals surface area contributed by atoms with Gasteiger partial charge in [0.1, 0.15) is 6.04 Å². The minimum atomic E-state index is -0.649. The zero-order chi connectivity index (χ0) is 13.0. The third-order valence-electron chi connectivity index (χ3n) is 2.81. The molecule has 0 radical (unpaired) electrons. The first-order valence-corrected chi connectivity index (χ1v) is 5.68. The second-order valence-electron chi connectivity index (χ2n) is 3.99. The monoisotopic (exact) mass is 241 g/mol. The molecule has 2 aromatic rings. The van der Waals surface area contributed by atoms with E-state index in [2.05, 4.69) is 4.98 Å². The number of anilines is 1. The Morgan fingerprint density at radius 3 is 2.39 bits per heavy atom. The van der Waals surface area contributed by atoms with Crippen molar-refractivity contribution < 1.29 is 4.79 Å². The van der Waals surface area contributed by atoms with Crippen LogP contribution in [0.1, 0.15) is 11.6 Å². The first-order chi connectivity index (χ1) is 8.70. The van der Waals surface area contributed by atoms with Gasteiger partial charge in [-0.25, -0.2) is 0 Å². The predicted octanol–water partition coefficient (Wildman–Crippen LogP) is 1.74. The zero-order valence-electron chi connectivity index (χ0n) is 10.2. The maximum atomic E-state index is 12.2. The van der Waals surface area contributed by atoms with Crippen molar-refractivity contribution in [3.05, 3.63) is 60.4 Å². The van der Waals surface area contributed by atoms with Crippen LogP contribution >= 0.6 is 0 Å². The number of pyridine rings is 1. The van der Waals surface area contributed by atoms with Gasteiger partial charge in [0.25, 0.3) is 0 Å². The number of carbonyl (C=O) groups is 1. The van der Waals surface area contributed by atoms with E-state index >= 15 is 0 Å². The summed E-state index contributed by atoms with van der Waals surface area (Å²) in [6, 6.07) is 12.2. The van der Waals surface area contributed by atoms with Crippen LogP contribution in [0.4, 0.5) is 5.69 Å². The lowest BCUT2D eigenvalue weighted by Crippen LogP contribution is -2.35. The molecule has 92 valence electrons. The van der Waals surface area contributed by atoms with Crippen molar-refractivity contribution in [3.63, 3.8) is 0 Å². The molecule has 4 heteroatoms. The van der Waals surface area contributed by atoms with Crippen LogP contribution in [-0.4, -0.2) is 17.9 Å². The molecule has 0 fully saturated rings. The van der Waals surface area contributed by atoms with Crippen molar-refractivity contribution >= 4 is 11.6 Å². The summed E-state index contributed by atoms with van der Waals surface area (Å²) < 4.78 is 0. The number of likely N-dealkylation sites (N-methyl/N-ethyl adjacent to an activating group) is 1. The molecule has 0 unspecified atom stereocenters. The summed E-state index contributed by atoms with van der Waals surface area (Å²) in [5, 5.41) is 0. The average Bonchev–Trinajstić information content (AvgIpc) is 2.47. The second-order valence-corrected chi connectivity index (χ2v) is 3.99. The van der Waals surface area contributed by atoms with Gasteiger partial charge in [0.2, 0.25) is 5.91 Å². The van der Waals surface area contributed by atoms with Gasteiger partial charge < -0.3 is 10.6 Å². The molecule has 4 nitrogen and oxygen atoms in total. The van der Waals surface area contributed by atoms with Crippen molar-refractivity contribution in [3.8, 4) is 0 Å². The lowest BCUT2D eigenvalue weighted by atomic mass is 10.1. The summed E-state index contributed by atoms with van der Waals surface area (Å²) in [4.78, 5) is 17.7. The smallest absolute Gasteiger partial charge is 0.248 e. The minimum absolute atomic E-state index is 0.146. The molecule has 1 aromatic heterocycles. The van der Waals surface area contributed by atoms with Crippen molar-refractivity contribution in [2.75, 3.05) is 11.9 Å². The Kier molecular flexibility index (Phi) is 3.69. The van der Waals surface area contributed by atoms with E-state index in [4.69, 9.17) is 5.73 Å². The molecule has 2 N–H and O–H groups in total. The maximum absolute atomic E-state index is 12.2. The molecule has 0 aliphatic rings. The third kappa shape index (κ3) is 2.55. The van der Waals surface area contributed by atoms with E-state index in [0.29, 0.717) is 0 Å². The summed E-state index contributed by atoms with van der Waals surface area (Å²) in [6.45, 7) is 0. The Morgan fingerprint density at radius 2 is 1.78 bits per heavy atom. The number of hydrogen-bond acceptors (Lipinski definition) is 3. The largest absolute Gasteiger partial charge is 0.316 e. The molecule has 0 aliphatic carbocycles. The number of amides is 1. The highest BCUT2D eigenvalue weighted by atomic mass is 16.2. The molecule has 1 heterocycles. The fourth-order valence-electron chi connectivity index (χ4n) is 1.71. The lowest BCUT2D eigenvalue weighted by molar-refractivity contribution is -0.119. The zero-order valence-corrected chi connectivity index (χ0v) is 10.2. The second kappa shape index (κ2) is 5.42. The summed E-state index contributed by atoms with van der Waals surface area (Å²) in [6.07, 6.45) is 3.29. The fourth-order valence-corrected chi connectivity index (χ4v) is 1.71. The summed E-state index contributed by atoms with van der Waals surface area (Å²) in [7, 11) is 1.71. The van der Waals surface area contributed by atoms with Crippen molar-refractivity contribution in [1.29, 1.82) is 0 Å². The molecule has 1 aromatic carbocycles. The number of hydrogen-bond donors (Lipinski definition) is 1. The summed E-state index contributed by atoms with van der Waals surface area (Å²) in [5.41, 5.74) is 7.56. The molecule has 0 saturated heterocycles. The third-order valence-corrected chi connectivity index (χ3v) is 2.81. The van der Waals surface area contributed by atoms with Crippen LogP contribution in [0, 0.1) is 0 Å². The van der Waals surface area contributed by atoms with Crippen LogP contribution in [0.5, 0.6) is 0 Å². The van der Waals surface area contributed by atoms with Crippen LogP contribution in [0.3, 0.4) is 0 Å². The molecular weight excluding hydrogens is 226 g/mol. The van der Waals surface area contributed by atoms with E-state index in [-0.39, 0.29) is 5.91 Å². The van der Waals surface area contributed by atoms with E-state index in [1.54, 1.807) is 36.5 Å². The van der Waals surface area contributed by atoms with Gasteiger partial charge in [0, 0.05) is 25.1 Å². The normalized spacial score (nSPS) is 11.9. The van der Waals surface area contributed by atoms with Gasteiger partial charge in [0.05, 0.1) is 0 Å². The molecule has 0 bridgehead atoms. The average molecular weight is 241 g/mol. The molecule has 1 amide bonds. The van der Waals surface area contributed by atoms with Gasteiger partial charge in [-0.15, -0.1) is 0 Å². The van der Waals surface area contributed by atoms with Gasteiger partial charge in [-0.3, -0.25) is 9.78 Å². The van der Waals surface area contributed by atoms with Crippen molar-refractivity contribution in [2.24, 2.45) is 5.73 Å². The highest BCUT2D eigenvalue weighted by molar-refractivity contribution is 5.97. The van der Waals surface area contributed by atoms with Crippen LogP contribution in [0.15, 0.2) is 54.9 Å². The highest BCUT2D eigenvalue weighted by Gasteiger charge is 2.20. The van der Waals surface area contributed by atoms with Gasteiger partial charge >= 0.3 is 0 Å². The number of rotatable bonds is 3. The van der Waals surface area contributed by atoms with Crippen LogP contribution in [-0.2, 0) is 4.79 Å². The van der Waals surface area contributed by atoms with E-state index in [9.17, 15) is 4.79 Å². The quantitative estimate of drug-likeness (QED) is 0.890. The van der Waals surface area contributed by atoms with Crippen LogP contribution in [0.2, 0.25) is 0 Å². The van der Waals surface area contributed by atoms with E-state index in [1.165, 1.54) is 0 Å². The van der Waals surface area contributed by atoms with Crippen molar-refractivity contribution in [1.82, 2.24) is 4.98 Å². The molecular formula is C14H15N3O. The molecule has 0 aliphatic heterocycles. The topological polar surface area (TPSA) is 59.2 Å². The van der Waals surface area contributed by atoms with E-state index in [0.717, 1.165) is 11.3 Å². The molecule has 1 atom stereocenters. The standard InChI is InChI=1S/C14H15N3O/c1-17(12-7-9-16-10-8-12)14(18)13(15)11-5-3-2-4-6-11/h2-10,13H,15H2,1H3/t13-/m1/s1. The number of nitrogens with zero attached hydrogens (tertiary/aromatic N) is 2. The Labute approximate surface area is 106 Å². The first-order valence-electron chi connectivity index (χ1n) is 5.68. The number of nitrogens with two attached hydrogens (primary N) is 1. The van der Waals surface area contributed by atoms with Crippen molar-refractivity contribution in [2.45, 2.75) is 6.04 Å². The van der Waals surface area contributed by atoms with Crippen LogP contribution < -0.4 is 10.6 Å². The Balaban J connectivity index is 2.17.